The van der Waals surface area contributed by atoms with Gasteiger partial charge < -0.3 is 10.6 Å². The molecule has 0 radical (unpaired) electrons. The minimum Gasteiger partial charge on any atom is -0.317 e. The zero-order valence-electron chi connectivity index (χ0n) is 17.7. The van der Waals surface area contributed by atoms with Gasteiger partial charge in [0.05, 0.1) is 0 Å². The van der Waals surface area contributed by atoms with Crippen LogP contribution in [-0.4, -0.2) is 26.2 Å². The number of unbranched alkanes of at least 4 members (excludes halogenated alkanes) is 5. The number of benzene rings is 2. The average Bonchev–Trinajstić information content (AvgIpc) is 2.75. The minimum atomic E-state index is 1.14. The van der Waals surface area contributed by atoms with Crippen molar-refractivity contribution in [2.45, 2.75) is 64.2 Å². The first kappa shape index (κ1) is 22.6. The second-order valence-electron chi connectivity index (χ2n) is 7.80. The van der Waals surface area contributed by atoms with Crippen LogP contribution in [0, 0.1) is 0 Å². The molecule has 28 heavy (non-hydrogen) atoms. The maximum Gasteiger partial charge on any atom is -0.00457 e. The summed E-state index contributed by atoms with van der Waals surface area (Å²) in [5.41, 5.74) is 2.93. The van der Waals surface area contributed by atoms with Gasteiger partial charge in [0.15, 0.2) is 0 Å². The van der Waals surface area contributed by atoms with Crippen molar-refractivity contribution < 1.29 is 0 Å². The number of hydrogen-bond acceptors (Lipinski definition) is 2. The van der Waals surface area contributed by atoms with Gasteiger partial charge >= 0.3 is 0 Å². The molecule has 0 atom stereocenters. The Morgan fingerprint density at radius 2 is 0.786 bits per heavy atom. The van der Waals surface area contributed by atoms with Gasteiger partial charge in [-0.05, 0) is 82.3 Å². The molecule has 0 amide bonds. The van der Waals surface area contributed by atoms with Crippen molar-refractivity contribution in [3.63, 3.8) is 0 Å². The van der Waals surface area contributed by atoms with Gasteiger partial charge in [0.1, 0.15) is 0 Å². The fourth-order valence-corrected chi connectivity index (χ4v) is 3.57. The largest absolute Gasteiger partial charge is 0.317 e. The standard InChI is InChI=1S/C26H40N2/c1(2-12-22-28-24-14-20-26-17-8-4-9-18-26)11-21-27-23-13-5-10-19-25-15-6-3-7-16-25/h3-4,6-9,15-18,27-28H,1-2,5,10-14,19-24H2. The molecule has 0 aliphatic rings. The monoisotopic (exact) mass is 380 g/mol. The number of aryl methyl sites for hydroxylation is 2. The van der Waals surface area contributed by atoms with Crippen LogP contribution in [0.15, 0.2) is 60.7 Å². The lowest BCUT2D eigenvalue weighted by molar-refractivity contribution is 0.546. The minimum absolute atomic E-state index is 1.14. The second-order valence-corrected chi connectivity index (χ2v) is 7.80. The molecule has 0 saturated heterocycles. The third kappa shape index (κ3) is 11.9. The van der Waals surface area contributed by atoms with E-state index in [1.165, 1.54) is 95.0 Å². The van der Waals surface area contributed by atoms with Crippen molar-refractivity contribution in [2.24, 2.45) is 0 Å². The van der Waals surface area contributed by atoms with E-state index in [4.69, 9.17) is 0 Å². The maximum atomic E-state index is 3.60. The van der Waals surface area contributed by atoms with Crippen LogP contribution in [0.5, 0.6) is 0 Å². The van der Waals surface area contributed by atoms with Gasteiger partial charge in [-0.1, -0.05) is 79.9 Å². The van der Waals surface area contributed by atoms with E-state index in [2.05, 4.69) is 71.3 Å². The van der Waals surface area contributed by atoms with Crippen LogP contribution in [-0.2, 0) is 12.8 Å². The van der Waals surface area contributed by atoms with Crippen molar-refractivity contribution >= 4 is 0 Å². The highest BCUT2D eigenvalue weighted by Gasteiger charge is 1.95. The molecule has 0 heterocycles. The third-order valence-corrected chi connectivity index (χ3v) is 5.28. The molecule has 0 spiro atoms. The van der Waals surface area contributed by atoms with Gasteiger partial charge in [-0.2, -0.15) is 0 Å². The number of nitrogens with one attached hydrogen (secondary N) is 2. The molecule has 2 heteroatoms. The van der Waals surface area contributed by atoms with Crippen LogP contribution in [0.25, 0.3) is 0 Å². The molecular weight excluding hydrogens is 340 g/mol. The first-order valence-corrected chi connectivity index (χ1v) is 11.4. The van der Waals surface area contributed by atoms with E-state index in [1.807, 2.05) is 0 Å². The molecular formula is C26H40N2. The molecule has 154 valence electrons. The summed E-state index contributed by atoms with van der Waals surface area (Å²) in [5, 5.41) is 7.19. The smallest absolute Gasteiger partial charge is 0.00457 e. The molecule has 2 aromatic rings. The predicted octanol–water partition coefficient (Wildman–Crippen LogP) is 5.77. The Hall–Kier alpha value is -1.64. The third-order valence-electron chi connectivity index (χ3n) is 5.28. The summed E-state index contributed by atoms with van der Waals surface area (Å²) < 4.78 is 0. The lowest BCUT2D eigenvalue weighted by atomic mass is 10.1. The van der Waals surface area contributed by atoms with Crippen molar-refractivity contribution in [1.82, 2.24) is 10.6 Å². The molecule has 2 N–H and O–H groups in total. The summed E-state index contributed by atoms with van der Waals surface area (Å²) in [6.45, 7) is 4.67. The van der Waals surface area contributed by atoms with Crippen LogP contribution in [0.2, 0.25) is 0 Å². The molecule has 2 aromatic carbocycles. The first-order chi connectivity index (χ1) is 13.9. The number of hydrogen-bond donors (Lipinski definition) is 2. The topological polar surface area (TPSA) is 24.1 Å². The van der Waals surface area contributed by atoms with E-state index in [-0.39, 0.29) is 0 Å². The summed E-state index contributed by atoms with van der Waals surface area (Å²) in [5.74, 6) is 0. The summed E-state index contributed by atoms with van der Waals surface area (Å²) in [6, 6.07) is 21.6. The van der Waals surface area contributed by atoms with Crippen LogP contribution >= 0.6 is 0 Å². The van der Waals surface area contributed by atoms with Gasteiger partial charge in [0.2, 0.25) is 0 Å². The highest BCUT2D eigenvalue weighted by atomic mass is 14.8. The quantitative estimate of drug-likeness (QED) is 0.340. The Morgan fingerprint density at radius 1 is 0.393 bits per heavy atom. The van der Waals surface area contributed by atoms with Crippen LogP contribution in [0.1, 0.15) is 62.5 Å². The van der Waals surface area contributed by atoms with E-state index in [9.17, 15) is 0 Å². The van der Waals surface area contributed by atoms with Crippen molar-refractivity contribution in [1.29, 1.82) is 0 Å². The van der Waals surface area contributed by atoms with Crippen LogP contribution < -0.4 is 10.6 Å². The van der Waals surface area contributed by atoms with E-state index >= 15 is 0 Å². The second kappa shape index (κ2) is 16.3. The molecule has 0 aliphatic heterocycles. The Balaban J connectivity index is 1.25. The average molecular weight is 381 g/mol. The molecule has 2 nitrogen and oxygen atoms in total. The Kier molecular flexibility index (Phi) is 13.2. The zero-order chi connectivity index (χ0) is 19.5. The summed E-state index contributed by atoms with van der Waals surface area (Å²) in [4.78, 5) is 0. The van der Waals surface area contributed by atoms with E-state index < -0.39 is 0 Å². The summed E-state index contributed by atoms with van der Waals surface area (Å²) in [7, 11) is 0. The van der Waals surface area contributed by atoms with Crippen molar-refractivity contribution in [3.05, 3.63) is 71.8 Å². The Morgan fingerprint density at radius 3 is 1.29 bits per heavy atom. The molecule has 0 unspecified atom stereocenters. The highest BCUT2D eigenvalue weighted by Crippen LogP contribution is 2.06. The van der Waals surface area contributed by atoms with E-state index in [0.29, 0.717) is 0 Å². The van der Waals surface area contributed by atoms with E-state index in [1.54, 1.807) is 0 Å². The number of rotatable bonds is 17. The first-order valence-electron chi connectivity index (χ1n) is 11.4. The van der Waals surface area contributed by atoms with Gasteiger partial charge in [0.25, 0.3) is 0 Å². The van der Waals surface area contributed by atoms with Crippen LogP contribution in [0.4, 0.5) is 0 Å². The normalized spacial score (nSPS) is 11.0. The molecule has 0 aliphatic carbocycles. The fraction of sp³-hybridized carbons (Fsp3) is 0.538. The maximum absolute atomic E-state index is 3.60. The van der Waals surface area contributed by atoms with Crippen molar-refractivity contribution in [3.8, 4) is 0 Å². The lowest BCUT2D eigenvalue weighted by Crippen LogP contribution is -2.18. The molecule has 0 aromatic heterocycles. The Labute approximate surface area is 173 Å². The predicted molar refractivity (Wildman–Crippen MR) is 123 cm³/mol. The fourth-order valence-electron chi connectivity index (χ4n) is 3.57. The highest BCUT2D eigenvalue weighted by molar-refractivity contribution is 5.15. The van der Waals surface area contributed by atoms with Gasteiger partial charge in [-0.3, -0.25) is 0 Å². The van der Waals surface area contributed by atoms with Gasteiger partial charge in [-0.15, -0.1) is 0 Å². The molecule has 0 saturated carbocycles. The van der Waals surface area contributed by atoms with E-state index in [0.717, 1.165) is 6.54 Å². The summed E-state index contributed by atoms with van der Waals surface area (Å²) in [6.07, 6.45) is 12.9. The van der Waals surface area contributed by atoms with Gasteiger partial charge in [-0.25, -0.2) is 0 Å². The molecule has 2 rings (SSSR count). The SMILES string of the molecule is c1ccc(CCCCCNCCCCCCNCCCc2ccccc2)cc1. The Bertz CT molecular complexity index is 514. The van der Waals surface area contributed by atoms with Gasteiger partial charge in [0, 0.05) is 0 Å². The van der Waals surface area contributed by atoms with Crippen molar-refractivity contribution in [2.75, 3.05) is 26.2 Å². The lowest BCUT2D eigenvalue weighted by Gasteiger charge is -2.06. The zero-order valence-corrected chi connectivity index (χ0v) is 17.7. The molecule has 0 fully saturated rings. The van der Waals surface area contributed by atoms with Crippen LogP contribution in [0.3, 0.4) is 0 Å². The molecule has 0 bridgehead atoms. The summed E-state index contributed by atoms with van der Waals surface area (Å²) >= 11 is 0.